The molecule has 0 bridgehead atoms. The van der Waals surface area contributed by atoms with Crippen molar-refractivity contribution in [2.24, 2.45) is 0 Å². The van der Waals surface area contributed by atoms with Crippen LogP contribution in [0.25, 0.3) is 0 Å². The fourth-order valence-electron chi connectivity index (χ4n) is 0.679. The van der Waals surface area contributed by atoms with Crippen molar-refractivity contribution < 1.29 is 15.1 Å². The minimum Gasteiger partial charge on any atom is -0.476 e. The smallest absolute Gasteiger partial charge is 0.357 e. The van der Waals surface area contributed by atoms with Gasteiger partial charge in [-0.15, -0.1) is 0 Å². The molecule has 10 heavy (non-hydrogen) atoms. The van der Waals surface area contributed by atoms with E-state index >= 15 is 0 Å². The molecule has 0 aliphatic carbocycles. The van der Waals surface area contributed by atoms with Crippen molar-refractivity contribution in [3.8, 4) is 0 Å². The van der Waals surface area contributed by atoms with Gasteiger partial charge in [0.25, 0.3) is 0 Å². The van der Waals surface area contributed by atoms with E-state index in [1.165, 1.54) is 6.92 Å². The van der Waals surface area contributed by atoms with E-state index in [9.17, 15) is 4.79 Å². The van der Waals surface area contributed by atoms with Crippen LogP contribution >= 0.6 is 0 Å². The fraction of sp³-hybridized carbons (Fsp3) is 0.200. The molecule has 0 aromatic carbocycles. The summed E-state index contributed by atoms with van der Waals surface area (Å²) in [7, 11) is 0. The molecule has 0 aliphatic heterocycles. The molecule has 5 nitrogen and oxygen atoms in total. The quantitative estimate of drug-likeness (QED) is 0.546. The molecule has 0 saturated heterocycles. The normalized spacial score (nSPS) is 9.70. The topological polar surface area (TPSA) is 75.3 Å². The van der Waals surface area contributed by atoms with E-state index in [4.69, 9.17) is 10.3 Å². The Labute approximate surface area is 56.5 Å². The van der Waals surface area contributed by atoms with Gasteiger partial charge in [0, 0.05) is 0 Å². The number of aromatic carboxylic acids is 1. The number of aryl methyl sites for hydroxylation is 1. The number of imidazole rings is 1. The van der Waals surface area contributed by atoms with Gasteiger partial charge in [-0.25, -0.2) is 9.78 Å². The summed E-state index contributed by atoms with van der Waals surface area (Å²) >= 11 is 0. The Kier molecular flexibility index (Phi) is 1.33. The second-order valence-corrected chi connectivity index (χ2v) is 1.83. The molecule has 1 heterocycles. The third-order valence-corrected chi connectivity index (χ3v) is 1.14. The summed E-state index contributed by atoms with van der Waals surface area (Å²) < 4.78 is 0.484. The van der Waals surface area contributed by atoms with Crippen molar-refractivity contribution in [2.75, 3.05) is 0 Å². The highest BCUT2D eigenvalue weighted by molar-refractivity contribution is 5.86. The number of carboxylic acids is 1. The molecule has 0 spiro atoms. The molecule has 0 aliphatic rings. The first-order valence-corrected chi connectivity index (χ1v) is 2.59. The van der Waals surface area contributed by atoms with Gasteiger partial charge < -0.3 is 10.3 Å². The summed E-state index contributed by atoms with van der Waals surface area (Å²) in [4.78, 5) is 13.9. The molecule has 0 atom stereocenters. The first kappa shape index (κ1) is 6.60. The summed E-state index contributed by atoms with van der Waals surface area (Å²) in [5, 5.41) is 17.2. The molecule has 0 fully saturated rings. The third-order valence-electron chi connectivity index (χ3n) is 1.14. The standard InChI is InChI=1S/C5H6N2O3/c1-3-4(5(8)9)7(10)2-6-3/h2,10H,1H3,(H,8,9). The van der Waals surface area contributed by atoms with E-state index in [1.54, 1.807) is 0 Å². The van der Waals surface area contributed by atoms with Crippen molar-refractivity contribution in [1.82, 2.24) is 9.71 Å². The van der Waals surface area contributed by atoms with Crippen molar-refractivity contribution >= 4 is 5.97 Å². The van der Waals surface area contributed by atoms with Gasteiger partial charge in [-0.05, 0) is 6.92 Å². The number of rotatable bonds is 1. The van der Waals surface area contributed by atoms with E-state index in [0.29, 0.717) is 10.4 Å². The summed E-state index contributed by atoms with van der Waals surface area (Å²) in [5.74, 6) is -1.18. The number of carboxylic acid groups (broad SMARTS) is 1. The van der Waals surface area contributed by atoms with Crippen molar-refractivity contribution in [1.29, 1.82) is 0 Å². The molecule has 1 aromatic heterocycles. The zero-order valence-corrected chi connectivity index (χ0v) is 5.27. The largest absolute Gasteiger partial charge is 0.476 e. The first-order valence-electron chi connectivity index (χ1n) is 2.59. The molecule has 2 N–H and O–H groups in total. The number of aromatic nitrogens is 2. The van der Waals surface area contributed by atoms with Crippen LogP contribution in [0.5, 0.6) is 0 Å². The number of hydrogen-bond acceptors (Lipinski definition) is 3. The van der Waals surface area contributed by atoms with Crippen molar-refractivity contribution in [3.63, 3.8) is 0 Å². The Morgan fingerprint density at radius 3 is 2.60 bits per heavy atom. The molecular formula is C5H6N2O3. The van der Waals surface area contributed by atoms with Crippen LogP contribution in [0.15, 0.2) is 6.33 Å². The lowest BCUT2D eigenvalue weighted by Gasteiger charge is -1.92. The molecule has 1 rings (SSSR count). The molecule has 0 amide bonds. The predicted molar refractivity (Wildman–Crippen MR) is 31.1 cm³/mol. The van der Waals surface area contributed by atoms with Gasteiger partial charge in [-0.1, -0.05) is 0 Å². The van der Waals surface area contributed by atoms with Gasteiger partial charge >= 0.3 is 5.97 Å². The molecule has 1 aromatic rings. The van der Waals surface area contributed by atoms with Gasteiger partial charge in [-0.3, -0.25) is 0 Å². The lowest BCUT2D eigenvalue weighted by Crippen LogP contribution is -2.05. The number of nitrogens with zero attached hydrogens (tertiary/aromatic N) is 2. The van der Waals surface area contributed by atoms with E-state index in [-0.39, 0.29) is 5.69 Å². The highest BCUT2D eigenvalue weighted by Crippen LogP contribution is 2.02. The first-order chi connectivity index (χ1) is 4.63. The Morgan fingerprint density at radius 2 is 2.40 bits per heavy atom. The van der Waals surface area contributed by atoms with Crippen LogP contribution in [-0.2, 0) is 0 Å². The van der Waals surface area contributed by atoms with Crippen LogP contribution in [0.2, 0.25) is 0 Å². The van der Waals surface area contributed by atoms with E-state index in [1.807, 2.05) is 0 Å². The average Bonchev–Trinajstić information content (AvgIpc) is 2.11. The van der Waals surface area contributed by atoms with E-state index < -0.39 is 5.97 Å². The van der Waals surface area contributed by atoms with Crippen molar-refractivity contribution in [2.45, 2.75) is 6.92 Å². The highest BCUT2D eigenvalue weighted by Gasteiger charge is 2.13. The van der Waals surface area contributed by atoms with E-state index in [2.05, 4.69) is 4.98 Å². The Hall–Kier alpha value is -1.52. The zero-order chi connectivity index (χ0) is 7.72. The van der Waals surface area contributed by atoms with Gasteiger partial charge in [0.1, 0.15) is 6.33 Å². The molecule has 54 valence electrons. The Morgan fingerprint density at radius 1 is 1.80 bits per heavy atom. The molecule has 5 heteroatoms. The molecule has 0 saturated carbocycles. The third kappa shape index (κ3) is 0.812. The molecule has 0 unspecified atom stereocenters. The van der Waals surface area contributed by atoms with Crippen LogP contribution in [0.3, 0.4) is 0 Å². The van der Waals surface area contributed by atoms with Crippen LogP contribution in [-0.4, -0.2) is 26.0 Å². The monoisotopic (exact) mass is 142 g/mol. The fourth-order valence-corrected chi connectivity index (χ4v) is 0.679. The maximum Gasteiger partial charge on any atom is 0.357 e. The maximum atomic E-state index is 10.3. The Balaban J connectivity index is 3.23. The van der Waals surface area contributed by atoms with Crippen LogP contribution in [0.4, 0.5) is 0 Å². The summed E-state index contributed by atoms with van der Waals surface area (Å²) in [6.07, 6.45) is 1.04. The zero-order valence-electron chi connectivity index (χ0n) is 5.27. The second kappa shape index (κ2) is 2.02. The maximum absolute atomic E-state index is 10.3. The minimum absolute atomic E-state index is 0.194. The Bertz CT molecular complexity index is 246. The highest BCUT2D eigenvalue weighted by atomic mass is 16.5. The van der Waals surface area contributed by atoms with E-state index in [0.717, 1.165) is 6.33 Å². The summed E-state index contributed by atoms with van der Waals surface area (Å²) in [5.41, 5.74) is 0.106. The molecule has 0 radical (unpaired) electrons. The molecular weight excluding hydrogens is 136 g/mol. The van der Waals surface area contributed by atoms with Crippen molar-refractivity contribution in [3.05, 3.63) is 17.7 Å². The lowest BCUT2D eigenvalue weighted by molar-refractivity contribution is 0.0643. The number of carbonyl (C=O) groups is 1. The van der Waals surface area contributed by atoms with Gasteiger partial charge in [0.05, 0.1) is 5.69 Å². The average molecular weight is 142 g/mol. The van der Waals surface area contributed by atoms with Crippen LogP contribution in [0.1, 0.15) is 16.2 Å². The predicted octanol–water partition coefficient (Wildman–Crippen LogP) is 0.127. The summed E-state index contributed by atoms with van der Waals surface area (Å²) in [6.45, 7) is 1.51. The number of hydrogen-bond donors (Lipinski definition) is 2. The van der Waals surface area contributed by atoms with Gasteiger partial charge in [-0.2, -0.15) is 4.73 Å². The second-order valence-electron chi connectivity index (χ2n) is 1.83. The summed E-state index contributed by atoms with van der Waals surface area (Å²) in [6, 6.07) is 0. The minimum atomic E-state index is -1.18. The van der Waals surface area contributed by atoms with Crippen LogP contribution in [0, 0.1) is 6.92 Å². The van der Waals surface area contributed by atoms with Gasteiger partial charge in [0.15, 0.2) is 5.69 Å². The van der Waals surface area contributed by atoms with Crippen LogP contribution < -0.4 is 0 Å². The lowest BCUT2D eigenvalue weighted by atomic mass is 10.3. The van der Waals surface area contributed by atoms with Gasteiger partial charge in [0.2, 0.25) is 0 Å². The SMILES string of the molecule is Cc1ncn(O)c1C(=O)O.